The topological polar surface area (TPSA) is 104 Å². The molecule has 0 radical (unpaired) electrons. The number of hydrogen-bond donors (Lipinski definition) is 1. The van der Waals surface area contributed by atoms with E-state index in [0.29, 0.717) is 42.9 Å². The normalized spacial score (nSPS) is 17.0. The van der Waals surface area contributed by atoms with Crippen LogP contribution in [0.1, 0.15) is 11.1 Å². The Bertz CT molecular complexity index is 1320. The summed E-state index contributed by atoms with van der Waals surface area (Å²) in [4.78, 5) is 33.6. The van der Waals surface area contributed by atoms with E-state index in [2.05, 4.69) is 15.6 Å². The van der Waals surface area contributed by atoms with Crippen molar-refractivity contribution < 1.29 is 23.6 Å². The van der Waals surface area contributed by atoms with Crippen LogP contribution in [0.15, 0.2) is 76.0 Å². The summed E-state index contributed by atoms with van der Waals surface area (Å²) in [5.74, 6) is -0.278. The molecule has 1 saturated heterocycles. The summed E-state index contributed by atoms with van der Waals surface area (Å²) in [6.45, 7) is 4.58. The summed E-state index contributed by atoms with van der Waals surface area (Å²) >= 11 is 1.18. The lowest BCUT2D eigenvalue weighted by atomic mass is 10.1. The molecule has 0 unspecified atom stereocenters. The molecule has 0 atom stereocenters. The second-order valence-corrected chi connectivity index (χ2v) is 9.15. The first-order chi connectivity index (χ1) is 17.6. The van der Waals surface area contributed by atoms with Gasteiger partial charge in [-0.3, -0.25) is 24.3 Å². The molecule has 10 nitrogen and oxygen atoms in total. The van der Waals surface area contributed by atoms with Crippen LogP contribution in [0.3, 0.4) is 0 Å². The van der Waals surface area contributed by atoms with E-state index in [9.17, 15) is 9.59 Å². The van der Waals surface area contributed by atoms with Gasteiger partial charge in [-0.05, 0) is 30.7 Å². The molecule has 2 aliphatic heterocycles. The minimum absolute atomic E-state index is 0.0332. The van der Waals surface area contributed by atoms with Gasteiger partial charge in [-0.25, -0.2) is 4.99 Å². The molecule has 5 rings (SSSR count). The molecule has 1 fully saturated rings. The predicted molar refractivity (Wildman–Crippen MR) is 137 cm³/mol. The van der Waals surface area contributed by atoms with Crippen LogP contribution in [0, 0.1) is 6.92 Å². The Hall–Kier alpha value is -3.96. The van der Waals surface area contributed by atoms with Crippen molar-refractivity contribution in [2.45, 2.75) is 6.92 Å². The monoisotopic (exact) mass is 505 g/mol. The standard InChI is InChI=1S/C25H24N6O4S/c1-18-6-5-7-19(14-18)15-21-24(33)31(20-8-3-2-4-9-20)25(26-21)36-17-22(32)27-23-16-30(28-35-23)29-10-12-34-13-11-29/h2-9,14-16H,10-13,17H2,1H3/p+1/b21-15+. The number of para-hydroxylation sites is 1. The molecule has 0 saturated carbocycles. The van der Waals surface area contributed by atoms with Gasteiger partial charge in [0.2, 0.25) is 11.2 Å². The molecule has 3 aromatic rings. The largest absolute Gasteiger partial charge is 0.377 e. The second kappa shape index (κ2) is 10.8. The van der Waals surface area contributed by atoms with Crippen molar-refractivity contribution in [2.75, 3.05) is 47.3 Å². The number of anilines is 2. The number of thioether (sulfide) groups is 1. The van der Waals surface area contributed by atoms with Gasteiger partial charge < -0.3 is 4.74 Å². The molecular formula is C25H25N6O4S+. The summed E-state index contributed by atoms with van der Waals surface area (Å²) in [7, 11) is 0. The molecule has 2 aromatic carbocycles. The fourth-order valence-electron chi connectivity index (χ4n) is 3.80. The van der Waals surface area contributed by atoms with Crippen molar-refractivity contribution in [1.82, 2.24) is 5.27 Å². The summed E-state index contributed by atoms with van der Waals surface area (Å²) in [6, 6.07) is 17.1. The van der Waals surface area contributed by atoms with Crippen LogP contribution >= 0.6 is 11.8 Å². The van der Waals surface area contributed by atoms with Crippen LogP contribution in [0.5, 0.6) is 0 Å². The summed E-state index contributed by atoms with van der Waals surface area (Å²) in [5, 5.41) is 9.05. The highest BCUT2D eigenvalue weighted by Gasteiger charge is 2.32. The van der Waals surface area contributed by atoms with Gasteiger partial charge in [-0.2, -0.15) is 0 Å². The molecule has 184 valence electrons. The SMILES string of the molecule is Cc1cccc(/C=C2/N=C(SCC(=O)Nc3c[n+](N4CCOCC4)no3)N(c3ccccc3)C2=O)c1. The Balaban J connectivity index is 1.29. The van der Waals surface area contributed by atoms with E-state index in [4.69, 9.17) is 9.26 Å². The minimum Gasteiger partial charge on any atom is -0.377 e. The van der Waals surface area contributed by atoms with Gasteiger partial charge in [0, 0.05) is 0 Å². The van der Waals surface area contributed by atoms with Gasteiger partial charge in [0.25, 0.3) is 12.1 Å². The van der Waals surface area contributed by atoms with Gasteiger partial charge in [-0.1, -0.05) is 59.8 Å². The third-order valence-corrected chi connectivity index (χ3v) is 6.46. The zero-order chi connectivity index (χ0) is 24.9. The number of ether oxygens (including phenoxy) is 1. The number of amidine groups is 1. The van der Waals surface area contributed by atoms with E-state index in [0.717, 1.165) is 11.1 Å². The fourth-order valence-corrected chi connectivity index (χ4v) is 4.62. The van der Waals surface area contributed by atoms with Crippen LogP contribution in [0.2, 0.25) is 0 Å². The quantitative estimate of drug-likeness (QED) is 0.405. The summed E-state index contributed by atoms with van der Waals surface area (Å²) in [6.07, 6.45) is 3.38. The average Bonchev–Trinajstić information content (AvgIpc) is 3.48. The highest BCUT2D eigenvalue weighted by atomic mass is 32.2. The maximum absolute atomic E-state index is 13.3. The second-order valence-electron chi connectivity index (χ2n) is 8.20. The smallest absolute Gasteiger partial charge is 0.305 e. The zero-order valence-electron chi connectivity index (χ0n) is 19.7. The number of hydrogen-bond acceptors (Lipinski definition) is 8. The lowest BCUT2D eigenvalue weighted by Crippen LogP contribution is -2.62. The molecule has 0 bridgehead atoms. The molecule has 1 aromatic heterocycles. The first-order valence-corrected chi connectivity index (χ1v) is 12.5. The molecule has 3 heterocycles. The number of rotatable bonds is 6. The highest BCUT2D eigenvalue weighted by molar-refractivity contribution is 8.14. The van der Waals surface area contributed by atoms with Gasteiger partial charge in [0.15, 0.2) is 5.17 Å². The number of aromatic nitrogens is 2. The molecule has 1 N–H and O–H groups in total. The lowest BCUT2D eigenvalue weighted by Gasteiger charge is -2.18. The molecule has 2 amide bonds. The highest BCUT2D eigenvalue weighted by Crippen LogP contribution is 2.29. The first kappa shape index (κ1) is 23.8. The maximum Gasteiger partial charge on any atom is 0.305 e. The van der Waals surface area contributed by atoms with Crippen LogP contribution in [0.25, 0.3) is 6.08 Å². The Labute approximate surface area is 212 Å². The van der Waals surface area contributed by atoms with E-state index >= 15 is 0 Å². The van der Waals surface area contributed by atoms with Crippen LogP contribution in [0.4, 0.5) is 11.6 Å². The molecule has 2 aliphatic rings. The summed E-state index contributed by atoms with van der Waals surface area (Å²) < 4.78 is 10.6. The number of nitrogens with zero attached hydrogens (tertiary/aromatic N) is 5. The number of carbonyl (C=O) groups is 2. The van der Waals surface area contributed by atoms with Gasteiger partial charge in [-0.15, -0.1) is 5.01 Å². The fraction of sp³-hybridized carbons (Fsp3) is 0.240. The van der Waals surface area contributed by atoms with Crippen molar-refractivity contribution in [3.63, 3.8) is 0 Å². The number of aryl methyl sites for hydroxylation is 1. The van der Waals surface area contributed by atoms with Crippen molar-refractivity contribution in [3.05, 3.63) is 77.6 Å². The van der Waals surface area contributed by atoms with E-state index in [1.54, 1.807) is 17.1 Å². The van der Waals surface area contributed by atoms with Crippen molar-refractivity contribution in [2.24, 2.45) is 4.99 Å². The third-order valence-electron chi connectivity index (χ3n) is 5.52. The number of amides is 2. The summed E-state index contributed by atoms with van der Waals surface area (Å²) in [5.41, 5.74) is 2.98. The van der Waals surface area contributed by atoms with E-state index in [1.807, 2.05) is 66.5 Å². The van der Waals surface area contributed by atoms with Crippen molar-refractivity contribution >= 4 is 46.4 Å². The minimum atomic E-state index is -0.301. The van der Waals surface area contributed by atoms with E-state index in [-0.39, 0.29) is 23.5 Å². The number of nitrogens with one attached hydrogen (secondary N) is 1. The maximum atomic E-state index is 13.3. The van der Waals surface area contributed by atoms with Crippen LogP contribution < -0.4 is 20.0 Å². The molecule has 11 heteroatoms. The Morgan fingerprint density at radius 2 is 1.97 bits per heavy atom. The van der Waals surface area contributed by atoms with Crippen LogP contribution in [-0.4, -0.2) is 54.3 Å². The number of morpholine rings is 1. The lowest BCUT2D eigenvalue weighted by molar-refractivity contribution is -0.759. The first-order valence-electron chi connectivity index (χ1n) is 11.5. The van der Waals surface area contributed by atoms with Gasteiger partial charge in [0.05, 0.1) is 42.5 Å². The molecular weight excluding hydrogens is 480 g/mol. The number of aliphatic imine (C=N–C) groups is 1. The van der Waals surface area contributed by atoms with Crippen molar-refractivity contribution in [1.29, 1.82) is 0 Å². The molecule has 0 aliphatic carbocycles. The number of benzene rings is 2. The van der Waals surface area contributed by atoms with Crippen LogP contribution in [-0.2, 0) is 14.3 Å². The number of carbonyl (C=O) groups excluding carboxylic acids is 2. The molecule has 0 spiro atoms. The third kappa shape index (κ3) is 5.47. The zero-order valence-corrected chi connectivity index (χ0v) is 20.5. The van der Waals surface area contributed by atoms with E-state index in [1.165, 1.54) is 16.7 Å². The van der Waals surface area contributed by atoms with E-state index < -0.39 is 0 Å². The average molecular weight is 506 g/mol. The van der Waals surface area contributed by atoms with Crippen molar-refractivity contribution in [3.8, 4) is 0 Å². The Morgan fingerprint density at radius 1 is 1.17 bits per heavy atom. The Kier molecular flexibility index (Phi) is 7.10. The predicted octanol–water partition coefficient (Wildman–Crippen LogP) is 2.35. The van der Waals surface area contributed by atoms with Gasteiger partial charge >= 0.3 is 5.88 Å². The molecule has 36 heavy (non-hydrogen) atoms. The van der Waals surface area contributed by atoms with Gasteiger partial charge in [0.1, 0.15) is 5.70 Å². The Morgan fingerprint density at radius 3 is 2.75 bits per heavy atom.